The van der Waals surface area contributed by atoms with Crippen LogP contribution in [-0.4, -0.2) is 75.5 Å². The summed E-state index contributed by atoms with van der Waals surface area (Å²) in [6.07, 6.45) is 1.04. The zero-order valence-corrected chi connectivity index (χ0v) is 16.3. The molecule has 0 spiro atoms. The van der Waals surface area contributed by atoms with Crippen molar-refractivity contribution in [1.82, 2.24) is 14.5 Å². The van der Waals surface area contributed by atoms with Crippen LogP contribution in [0.3, 0.4) is 0 Å². The number of carbonyl (C=O) groups is 1. The molecule has 26 heavy (non-hydrogen) atoms. The van der Waals surface area contributed by atoms with Crippen molar-refractivity contribution in [3.8, 4) is 0 Å². The lowest BCUT2D eigenvalue weighted by atomic mass is 10.1. The van der Waals surface area contributed by atoms with Gasteiger partial charge in [0.05, 0.1) is 18.1 Å². The molecule has 1 aromatic carbocycles. The van der Waals surface area contributed by atoms with Gasteiger partial charge in [-0.25, -0.2) is 8.42 Å². The normalized spacial score (nSPS) is 22.3. The molecule has 3 rings (SSSR count). The molecule has 7 nitrogen and oxygen atoms in total. The number of halogens is 1. The minimum atomic E-state index is -3.50. The van der Waals surface area contributed by atoms with E-state index < -0.39 is 10.0 Å². The number of ether oxygens (including phenoxy) is 1. The van der Waals surface area contributed by atoms with Crippen LogP contribution in [0.15, 0.2) is 35.2 Å². The van der Waals surface area contributed by atoms with E-state index in [1.165, 1.54) is 4.31 Å². The summed E-state index contributed by atoms with van der Waals surface area (Å²) in [7, 11) is -3.50. The molecule has 1 amide bonds. The third kappa shape index (κ3) is 5.17. The van der Waals surface area contributed by atoms with Crippen LogP contribution in [0, 0.1) is 0 Å². The molecule has 1 atom stereocenters. The maximum atomic E-state index is 12.7. The van der Waals surface area contributed by atoms with Crippen molar-refractivity contribution in [2.45, 2.75) is 23.8 Å². The molecular formula is C17H26ClN3O4S. The monoisotopic (exact) mass is 403 g/mol. The predicted octanol–water partition coefficient (Wildman–Crippen LogP) is 0.710. The zero-order chi connectivity index (χ0) is 17.7. The molecule has 146 valence electrons. The predicted molar refractivity (Wildman–Crippen MR) is 101 cm³/mol. The summed E-state index contributed by atoms with van der Waals surface area (Å²) >= 11 is 0. The molecular weight excluding hydrogens is 378 g/mol. The largest absolute Gasteiger partial charge is 0.378 e. The Hall–Kier alpha value is -1.19. The van der Waals surface area contributed by atoms with Crippen LogP contribution >= 0.6 is 12.4 Å². The number of carbonyl (C=O) groups excluding carboxylic acids is 1. The van der Waals surface area contributed by atoms with Crippen molar-refractivity contribution in [3.05, 3.63) is 30.3 Å². The first-order valence-corrected chi connectivity index (χ1v) is 10.2. The SMILES string of the molecule is Cl.O=C(CC1COCCN1)N1CCCN(S(=O)(=O)c2ccccc2)CC1. The standard InChI is InChI=1S/C17H25N3O4S.ClH/c21-17(13-15-14-24-12-7-18-15)19-8-4-9-20(11-10-19)25(22,23)16-5-2-1-3-6-16;/h1-3,5-6,15,18H,4,7-14H2;1H. The summed E-state index contributed by atoms with van der Waals surface area (Å²) in [6.45, 7) is 3.78. The van der Waals surface area contributed by atoms with Gasteiger partial charge in [0.1, 0.15) is 0 Å². The van der Waals surface area contributed by atoms with Gasteiger partial charge in [-0.3, -0.25) is 4.79 Å². The Kier molecular flexibility index (Phi) is 7.85. The van der Waals surface area contributed by atoms with E-state index in [1.54, 1.807) is 35.2 Å². The number of benzene rings is 1. The summed E-state index contributed by atoms with van der Waals surface area (Å²) in [6, 6.07) is 8.51. The molecule has 1 aromatic rings. The van der Waals surface area contributed by atoms with Gasteiger partial charge in [0.2, 0.25) is 15.9 Å². The molecule has 2 aliphatic heterocycles. The molecule has 9 heteroatoms. The molecule has 0 radical (unpaired) electrons. The first-order valence-electron chi connectivity index (χ1n) is 8.71. The van der Waals surface area contributed by atoms with Crippen LogP contribution in [0.2, 0.25) is 0 Å². The number of nitrogens with zero attached hydrogens (tertiary/aromatic N) is 2. The highest BCUT2D eigenvalue weighted by atomic mass is 35.5. The second kappa shape index (κ2) is 9.66. The van der Waals surface area contributed by atoms with E-state index in [0.29, 0.717) is 57.1 Å². The number of hydrogen-bond donors (Lipinski definition) is 1. The average Bonchev–Trinajstić information content (AvgIpc) is 2.90. The van der Waals surface area contributed by atoms with Crippen molar-refractivity contribution in [1.29, 1.82) is 0 Å². The van der Waals surface area contributed by atoms with Gasteiger partial charge in [-0.15, -0.1) is 12.4 Å². The highest BCUT2D eigenvalue weighted by Gasteiger charge is 2.29. The minimum Gasteiger partial charge on any atom is -0.378 e. The molecule has 0 aliphatic carbocycles. The van der Waals surface area contributed by atoms with E-state index in [9.17, 15) is 13.2 Å². The van der Waals surface area contributed by atoms with Gasteiger partial charge in [0.25, 0.3) is 0 Å². The van der Waals surface area contributed by atoms with Crippen molar-refractivity contribution in [2.75, 3.05) is 45.9 Å². The zero-order valence-electron chi connectivity index (χ0n) is 14.7. The van der Waals surface area contributed by atoms with Gasteiger partial charge in [-0.05, 0) is 18.6 Å². The number of sulfonamides is 1. The Morgan fingerprint density at radius 1 is 1.15 bits per heavy atom. The smallest absolute Gasteiger partial charge is 0.243 e. The lowest BCUT2D eigenvalue weighted by Crippen LogP contribution is -2.45. The highest BCUT2D eigenvalue weighted by Crippen LogP contribution is 2.18. The topological polar surface area (TPSA) is 79.0 Å². The van der Waals surface area contributed by atoms with Crippen molar-refractivity contribution >= 4 is 28.3 Å². The third-order valence-electron chi connectivity index (χ3n) is 4.61. The Balaban J connectivity index is 0.00000243. The summed E-state index contributed by atoms with van der Waals surface area (Å²) < 4.78 is 32.3. The lowest BCUT2D eigenvalue weighted by molar-refractivity contribution is -0.132. The number of morpholine rings is 1. The van der Waals surface area contributed by atoms with Gasteiger partial charge < -0.3 is 15.0 Å². The molecule has 2 aliphatic rings. The summed E-state index contributed by atoms with van der Waals surface area (Å²) in [5.41, 5.74) is 0. The van der Waals surface area contributed by atoms with Crippen molar-refractivity contribution < 1.29 is 17.9 Å². The molecule has 0 bridgehead atoms. The van der Waals surface area contributed by atoms with E-state index in [2.05, 4.69) is 5.32 Å². The number of amides is 1. The summed E-state index contributed by atoms with van der Waals surface area (Å²) in [4.78, 5) is 14.6. The van der Waals surface area contributed by atoms with Crippen LogP contribution in [0.1, 0.15) is 12.8 Å². The highest BCUT2D eigenvalue weighted by molar-refractivity contribution is 7.89. The van der Waals surface area contributed by atoms with E-state index in [0.717, 1.165) is 6.54 Å². The fourth-order valence-corrected chi connectivity index (χ4v) is 4.71. The first kappa shape index (κ1) is 21.1. The Bertz CT molecular complexity index is 681. The molecule has 2 heterocycles. The average molecular weight is 404 g/mol. The molecule has 0 aromatic heterocycles. The second-order valence-corrected chi connectivity index (χ2v) is 8.32. The fraction of sp³-hybridized carbons (Fsp3) is 0.588. The van der Waals surface area contributed by atoms with Crippen molar-refractivity contribution in [2.24, 2.45) is 0 Å². The Labute approximate surface area is 161 Å². The van der Waals surface area contributed by atoms with E-state index >= 15 is 0 Å². The van der Waals surface area contributed by atoms with Crippen LogP contribution < -0.4 is 5.32 Å². The van der Waals surface area contributed by atoms with Gasteiger partial charge in [-0.2, -0.15) is 4.31 Å². The number of rotatable bonds is 4. The van der Waals surface area contributed by atoms with E-state index in [1.807, 2.05) is 0 Å². The molecule has 2 fully saturated rings. The maximum absolute atomic E-state index is 12.7. The van der Waals surface area contributed by atoms with Crippen molar-refractivity contribution in [3.63, 3.8) is 0 Å². The van der Waals surface area contributed by atoms with Gasteiger partial charge in [-0.1, -0.05) is 18.2 Å². The van der Waals surface area contributed by atoms with E-state index in [-0.39, 0.29) is 24.4 Å². The fourth-order valence-electron chi connectivity index (χ4n) is 3.22. The van der Waals surface area contributed by atoms with Gasteiger partial charge in [0, 0.05) is 45.2 Å². The molecule has 1 N–H and O–H groups in total. The molecule has 1 unspecified atom stereocenters. The summed E-state index contributed by atoms with van der Waals surface area (Å²) in [5, 5.41) is 3.28. The van der Waals surface area contributed by atoms with Crippen LogP contribution in [0.25, 0.3) is 0 Å². The minimum absolute atomic E-state index is 0. The summed E-state index contributed by atoms with van der Waals surface area (Å²) in [5.74, 6) is 0.0574. The first-order chi connectivity index (χ1) is 12.1. The third-order valence-corrected chi connectivity index (χ3v) is 6.52. The maximum Gasteiger partial charge on any atom is 0.243 e. The lowest BCUT2D eigenvalue weighted by Gasteiger charge is -2.27. The van der Waals surface area contributed by atoms with Gasteiger partial charge >= 0.3 is 0 Å². The second-order valence-electron chi connectivity index (χ2n) is 6.38. The van der Waals surface area contributed by atoms with Crippen LogP contribution in [0.5, 0.6) is 0 Å². The molecule has 0 saturated carbocycles. The Morgan fingerprint density at radius 3 is 2.62 bits per heavy atom. The van der Waals surface area contributed by atoms with Gasteiger partial charge in [0.15, 0.2) is 0 Å². The van der Waals surface area contributed by atoms with Crippen LogP contribution in [0.4, 0.5) is 0 Å². The van der Waals surface area contributed by atoms with E-state index in [4.69, 9.17) is 4.74 Å². The Morgan fingerprint density at radius 2 is 1.92 bits per heavy atom. The number of hydrogen-bond acceptors (Lipinski definition) is 5. The quantitative estimate of drug-likeness (QED) is 0.801. The molecule has 2 saturated heterocycles. The number of nitrogens with one attached hydrogen (secondary N) is 1. The van der Waals surface area contributed by atoms with Crippen LogP contribution in [-0.2, 0) is 19.6 Å².